The summed E-state index contributed by atoms with van der Waals surface area (Å²) < 4.78 is 0. The van der Waals surface area contributed by atoms with Gasteiger partial charge >= 0.3 is 0 Å². The molecule has 1 aliphatic rings. The van der Waals surface area contributed by atoms with Crippen LogP contribution in [0.1, 0.15) is 31.4 Å². The number of hydrogen-bond acceptors (Lipinski definition) is 2. The van der Waals surface area contributed by atoms with E-state index < -0.39 is 0 Å². The second kappa shape index (κ2) is 6.28. The van der Waals surface area contributed by atoms with Crippen molar-refractivity contribution in [1.29, 1.82) is 0 Å². The van der Waals surface area contributed by atoms with Gasteiger partial charge in [-0.2, -0.15) is 0 Å². The largest absolute Gasteiger partial charge is 0.362 e. The van der Waals surface area contributed by atoms with Crippen LogP contribution in [0.3, 0.4) is 0 Å². The molecule has 1 heterocycles. The first-order valence-electron chi connectivity index (χ1n) is 6.67. The first-order chi connectivity index (χ1) is 8.65. The van der Waals surface area contributed by atoms with Gasteiger partial charge in [-0.3, -0.25) is 4.99 Å². The number of hydrogen-bond donors (Lipinski definition) is 1. The fourth-order valence-corrected chi connectivity index (χ4v) is 3.49. The summed E-state index contributed by atoms with van der Waals surface area (Å²) in [7, 11) is 0. The van der Waals surface area contributed by atoms with E-state index in [1.807, 2.05) is 11.8 Å². The van der Waals surface area contributed by atoms with Crippen LogP contribution in [0.5, 0.6) is 0 Å². The second-order valence-electron chi connectivity index (χ2n) is 5.07. The van der Waals surface area contributed by atoms with E-state index in [2.05, 4.69) is 55.3 Å². The lowest BCUT2D eigenvalue weighted by molar-refractivity contribution is 0.597. The molecule has 0 aliphatic carbocycles. The molecule has 2 rings (SSSR count). The molecule has 0 amide bonds. The Hall–Kier alpha value is -0.960. The first kappa shape index (κ1) is 13.5. The number of aliphatic imine (C=N–C) groups is 1. The highest BCUT2D eigenvalue weighted by molar-refractivity contribution is 8.14. The van der Waals surface area contributed by atoms with Crippen molar-refractivity contribution in [1.82, 2.24) is 5.32 Å². The van der Waals surface area contributed by atoms with Crippen molar-refractivity contribution in [3.63, 3.8) is 0 Å². The van der Waals surface area contributed by atoms with E-state index >= 15 is 0 Å². The molecule has 3 heteroatoms. The minimum atomic E-state index is 0.554. The van der Waals surface area contributed by atoms with Crippen molar-refractivity contribution in [2.75, 3.05) is 6.54 Å². The summed E-state index contributed by atoms with van der Waals surface area (Å²) in [6, 6.07) is 9.11. The second-order valence-corrected chi connectivity index (χ2v) is 6.50. The maximum atomic E-state index is 4.69. The fourth-order valence-electron chi connectivity index (χ4n) is 2.29. The molecule has 1 saturated heterocycles. The summed E-state index contributed by atoms with van der Waals surface area (Å²) >= 11 is 1.87. The topological polar surface area (TPSA) is 24.4 Å². The molecule has 2 atom stereocenters. The van der Waals surface area contributed by atoms with E-state index in [4.69, 9.17) is 0 Å². The van der Waals surface area contributed by atoms with Gasteiger partial charge in [-0.15, -0.1) is 0 Å². The highest BCUT2D eigenvalue weighted by atomic mass is 32.2. The molecule has 1 aromatic rings. The van der Waals surface area contributed by atoms with Crippen LogP contribution in [-0.4, -0.2) is 23.0 Å². The number of nitrogens with one attached hydrogen (secondary N) is 1. The average molecular weight is 262 g/mol. The zero-order chi connectivity index (χ0) is 13.0. The predicted molar refractivity (Wildman–Crippen MR) is 81.5 cm³/mol. The van der Waals surface area contributed by atoms with Crippen LogP contribution in [0.15, 0.2) is 29.3 Å². The molecule has 0 bridgehead atoms. The van der Waals surface area contributed by atoms with Crippen molar-refractivity contribution in [3.8, 4) is 0 Å². The van der Waals surface area contributed by atoms with Gasteiger partial charge in [0.2, 0.25) is 0 Å². The van der Waals surface area contributed by atoms with E-state index in [9.17, 15) is 0 Å². The molecule has 2 unspecified atom stereocenters. The Morgan fingerprint density at radius 1 is 1.33 bits per heavy atom. The van der Waals surface area contributed by atoms with Crippen LogP contribution in [0.4, 0.5) is 0 Å². The Balaban J connectivity index is 1.89. The van der Waals surface area contributed by atoms with E-state index in [-0.39, 0.29) is 0 Å². The Labute approximate surface area is 114 Å². The number of aryl methyl sites for hydroxylation is 1. The van der Waals surface area contributed by atoms with Crippen molar-refractivity contribution < 1.29 is 0 Å². The monoisotopic (exact) mass is 262 g/mol. The van der Waals surface area contributed by atoms with E-state index in [1.165, 1.54) is 17.5 Å². The molecule has 2 nitrogen and oxygen atoms in total. The molecule has 0 aromatic heterocycles. The highest BCUT2D eigenvalue weighted by Gasteiger charge is 2.19. The van der Waals surface area contributed by atoms with E-state index in [0.29, 0.717) is 11.3 Å². The van der Waals surface area contributed by atoms with Gasteiger partial charge in [0, 0.05) is 17.8 Å². The average Bonchev–Trinajstić information content (AvgIpc) is 2.30. The van der Waals surface area contributed by atoms with Gasteiger partial charge in [-0.05, 0) is 37.8 Å². The molecular formula is C15H22N2S. The Morgan fingerprint density at radius 3 is 2.83 bits per heavy atom. The smallest absolute Gasteiger partial charge is 0.157 e. The SMILES string of the molecule is Cc1ccccc1CCN=C1NC(C)CC(C)S1. The van der Waals surface area contributed by atoms with Crippen molar-refractivity contribution in [2.24, 2.45) is 4.99 Å². The van der Waals surface area contributed by atoms with Crippen LogP contribution in [0.2, 0.25) is 0 Å². The number of thioether (sulfide) groups is 1. The molecule has 1 N–H and O–H groups in total. The lowest BCUT2D eigenvalue weighted by Gasteiger charge is -2.26. The van der Waals surface area contributed by atoms with Crippen LogP contribution in [-0.2, 0) is 6.42 Å². The van der Waals surface area contributed by atoms with E-state index in [0.717, 1.165) is 18.1 Å². The molecule has 1 aromatic carbocycles. The van der Waals surface area contributed by atoms with Gasteiger partial charge < -0.3 is 5.32 Å². The summed E-state index contributed by atoms with van der Waals surface area (Å²) in [5.41, 5.74) is 2.77. The third-order valence-electron chi connectivity index (χ3n) is 3.27. The number of rotatable bonds is 3. The predicted octanol–water partition coefficient (Wildman–Crippen LogP) is 3.40. The third kappa shape index (κ3) is 3.77. The van der Waals surface area contributed by atoms with Gasteiger partial charge in [0.1, 0.15) is 0 Å². The standard InChI is InChI=1S/C15H22N2S/c1-11-6-4-5-7-14(11)8-9-16-15-17-12(2)10-13(3)18-15/h4-7,12-13H,8-10H2,1-3H3,(H,16,17). The van der Waals surface area contributed by atoms with Crippen molar-refractivity contribution in [2.45, 2.75) is 44.9 Å². The van der Waals surface area contributed by atoms with Crippen molar-refractivity contribution >= 4 is 16.9 Å². The molecule has 0 spiro atoms. The minimum Gasteiger partial charge on any atom is -0.362 e. The molecule has 0 saturated carbocycles. The normalized spacial score (nSPS) is 26.1. The zero-order valence-corrected chi connectivity index (χ0v) is 12.3. The quantitative estimate of drug-likeness (QED) is 0.903. The van der Waals surface area contributed by atoms with Crippen molar-refractivity contribution in [3.05, 3.63) is 35.4 Å². The summed E-state index contributed by atoms with van der Waals surface area (Å²) in [5, 5.41) is 5.26. The van der Waals surface area contributed by atoms with E-state index in [1.54, 1.807) is 0 Å². The van der Waals surface area contributed by atoms with Gasteiger partial charge in [0.15, 0.2) is 5.17 Å². The molecule has 98 valence electrons. The number of benzene rings is 1. The third-order valence-corrected chi connectivity index (χ3v) is 4.33. The molecule has 1 fully saturated rings. The Morgan fingerprint density at radius 2 is 2.11 bits per heavy atom. The molecule has 1 aliphatic heterocycles. The summed E-state index contributed by atoms with van der Waals surface area (Å²) in [6.07, 6.45) is 2.25. The lowest BCUT2D eigenvalue weighted by atomic mass is 10.1. The molecule has 18 heavy (non-hydrogen) atoms. The molecular weight excluding hydrogens is 240 g/mol. The lowest BCUT2D eigenvalue weighted by Crippen LogP contribution is -2.38. The fraction of sp³-hybridized carbons (Fsp3) is 0.533. The summed E-state index contributed by atoms with van der Waals surface area (Å²) in [5.74, 6) is 0. The van der Waals surface area contributed by atoms with Crippen LogP contribution in [0, 0.1) is 6.92 Å². The maximum absolute atomic E-state index is 4.69. The minimum absolute atomic E-state index is 0.554. The van der Waals surface area contributed by atoms with Gasteiger partial charge in [0.05, 0.1) is 0 Å². The van der Waals surface area contributed by atoms with Crippen LogP contribution < -0.4 is 5.32 Å². The maximum Gasteiger partial charge on any atom is 0.157 e. The van der Waals surface area contributed by atoms with Gasteiger partial charge in [0.25, 0.3) is 0 Å². The molecule has 0 radical (unpaired) electrons. The Bertz CT molecular complexity index is 416. The van der Waals surface area contributed by atoms with Crippen LogP contribution >= 0.6 is 11.8 Å². The van der Waals surface area contributed by atoms with Crippen LogP contribution in [0.25, 0.3) is 0 Å². The van der Waals surface area contributed by atoms with Gasteiger partial charge in [-0.1, -0.05) is 43.0 Å². The first-order valence-corrected chi connectivity index (χ1v) is 7.55. The summed E-state index contributed by atoms with van der Waals surface area (Å²) in [4.78, 5) is 4.69. The Kier molecular flexibility index (Phi) is 4.70. The summed E-state index contributed by atoms with van der Waals surface area (Å²) in [6.45, 7) is 7.55. The number of nitrogens with zero attached hydrogens (tertiary/aromatic N) is 1. The van der Waals surface area contributed by atoms with Gasteiger partial charge in [-0.25, -0.2) is 0 Å². The number of amidine groups is 1. The zero-order valence-electron chi connectivity index (χ0n) is 11.4. The highest BCUT2D eigenvalue weighted by Crippen LogP contribution is 2.22.